The van der Waals surface area contributed by atoms with Gasteiger partial charge in [-0.15, -0.1) is 0 Å². The van der Waals surface area contributed by atoms with Crippen LogP contribution in [0.3, 0.4) is 0 Å². The molecule has 0 unspecified atom stereocenters. The zero-order chi connectivity index (χ0) is 17.1. The topological polar surface area (TPSA) is 64.7 Å². The number of hydrogen-bond acceptors (Lipinski definition) is 3. The predicted octanol–water partition coefficient (Wildman–Crippen LogP) is 3.08. The highest BCUT2D eigenvalue weighted by Crippen LogP contribution is 2.15. The molecule has 0 saturated heterocycles. The Morgan fingerprint density at radius 1 is 1.21 bits per heavy atom. The molecule has 0 saturated carbocycles. The predicted molar refractivity (Wildman–Crippen MR) is 83.9 cm³/mol. The number of hydrogen-bond donors (Lipinski definition) is 1. The summed E-state index contributed by atoms with van der Waals surface area (Å²) >= 11 is 0. The minimum Gasteiger partial charge on any atom is -0.318 e. The third kappa shape index (κ3) is 3.48. The SMILES string of the molecule is Cc1ccc(Cn2cc(NC(=O)c3ccnn3C(F)F)cn2)cc1. The van der Waals surface area contributed by atoms with Gasteiger partial charge < -0.3 is 5.32 Å². The summed E-state index contributed by atoms with van der Waals surface area (Å²) in [5.41, 5.74) is 2.45. The van der Waals surface area contributed by atoms with Crippen LogP contribution in [-0.2, 0) is 6.54 Å². The molecule has 1 N–H and O–H groups in total. The number of nitrogens with one attached hydrogen (secondary N) is 1. The molecule has 0 aliphatic heterocycles. The minimum absolute atomic E-state index is 0.212. The first-order valence-electron chi connectivity index (χ1n) is 7.24. The molecule has 2 heterocycles. The van der Waals surface area contributed by atoms with Crippen molar-refractivity contribution in [2.75, 3.05) is 5.32 Å². The van der Waals surface area contributed by atoms with Crippen LogP contribution in [0.1, 0.15) is 28.2 Å². The first-order chi connectivity index (χ1) is 11.5. The van der Waals surface area contributed by atoms with Crippen molar-refractivity contribution in [3.8, 4) is 0 Å². The number of aromatic nitrogens is 4. The molecular formula is C16H15F2N5O. The zero-order valence-electron chi connectivity index (χ0n) is 12.9. The Kier molecular flexibility index (Phi) is 4.37. The lowest BCUT2D eigenvalue weighted by Gasteiger charge is -2.05. The van der Waals surface area contributed by atoms with Gasteiger partial charge in [0.1, 0.15) is 5.69 Å². The van der Waals surface area contributed by atoms with Gasteiger partial charge in [0.15, 0.2) is 0 Å². The van der Waals surface area contributed by atoms with Crippen LogP contribution in [0.25, 0.3) is 0 Å². The Labute approximate surface area is 136 Å². The van der Waals surface area contributed by atoms with Gasteiger partial charge in [0.2, 0.25) is 0 Å². The number of carbonyl (C=O) groups excluding carboxylic acids is 1. The maximum Gasteiger partial charge on any atom is 0.333 e. The zero-order valence-corrected chi connectivity index (χ0v) is 12.9. The normalized spacial score (nSPS) is 11.0. The fourth-order valence-corrected chi connectivity index (χ4v) is 2.24. The van der Waals surface area contributed by atoms with Crippen LogP contribution in [0.5, 0.6) is 0 Å². The van der Waals surface area contributed by atoms with Crippen molar-refractivity contribution in [3.05, 3.63) is 65.7 Å². The number of alkyl halides is 2. The van der Waals surface area contributed by atoms with E-state index in [0.717, 1.165) is 11.8 Å². The van der Waals surface area contributed by atoms with E-state index in [-0.39, 0.29) is 5.69 Å². The van der Waals surface area contributed by atoms with E-state index in [1.165, 1.54) is 17.8 Å². The van der Waals surface area contributed by atoms with Gasteiger partial charge in [-0.05, 0) is 18.6 Å². The van der Waals surface area contributed by atoms with E-state index in [1.54, 1.807) is 10.9 Å². The van der Waals surface area contributed by atoms with Crippen molar-refractivity contribution < 1.29 is 13.6 Å². The van der Waals surface area contributed by atoms with Crippen LogP contribution in [0.15, 0.2) is 48.9 Å². The fourth-order valence-electron chi connectivity index (χ4n) is 2.24. The van der Waals surface area contributed by atoms with Crippen LogP contribution < -0.4 is 5.32 Å². The number of halogens is 2. The summed E-state index contributed by atoms with van der Waals surface area (Å²) in [5, 5.41) is 10.1. The van der Waals surface area contributed by atoms with E-state index in [0.29, 0.717) is 16.9 Å². The number of rotatable bonds is 5. The quantitative estimate of drug-likeness (QED) is 0.781. The molecule has 2 aromatic heterocycles. The van der Waals surface area contributed by atoms with Gasteiger partial charge in [-0.25, -0.2) is 0 Å². The van der Waals surface area contributed by atoms with E-state index in [2.05, 4.69) is 15.5 Å². The molecule has 0 bridgehead atoms. The first-order valence-corrected chi connectivity index (χ1v) is 7.24. The molecule has 1 amide bonds. The summed E-state index contributed by atoms with van der Waals surface area (Å²) in [4.78, 5) is 12.1. The molecule has 24 heavy (non-hydrogen) atoms. The van der Waals surface area contributed by atoms with Gasteiger partial charge in [-0.2, -0.15) is 23.7 Å². The van der Waals surface area contributed by atoms with E-state index >= 15 is 0 Å². The molecule has 6 nitrogen and oxygen atoms in total. The summed E-state index contributed by atoms with van der Waals surface area (Å²) in [6, 6.07) is 9.24. The molecule has 0 radical (unpaired) electrons. The van der Waals surface area contributed by atoms with Crippen molar-refractivity contribution in [2.24, 2.45) is 0 Å². The average Bonchev–Trinajstić information content (AvgIpc) is 3.19. The van der Waals surface area contributed by atoms with Crippen molar-refractivity contribution in [1.82, 2.24) is 19.6 Å². The number of carbonyl (C=O) groups is 1. The molecule has 0 spiro atoms. The van der Waals surface area contributed by atoms with Gasteiger partial charge >= 0.3 is 6.55 Å². The van der Waals surface area contributed by atoms with Gasteiger partial charge in [-0.3, -0.25) is 9.48 Å². The lowest BCUT2D eigenvalue weighted by Crippen LogP contribution is -2.18. The summed E-state index contributed by atoms with van der Waals surface area (Å²) < 4.78 is 27.5. The van der Waals surface area contributed by atoms with Gasteiger partial charge in [0.25, 0.3) is 5.91 Å². The van der Waals surface area contributed by atoms with E-state index in [4.69, 9.17) is 0 Å². The van der Waals surface area contributed by atoms with E-state index in [9.17, 15) is 13.6 Å². The maximum absolute atomic E-state index is 12.7. The average molecular weight is 331 g/mol. The lowest BCUT2D eigenvalue weighted by molar-refractivity contribution is 0.0520. The van der Waals surface area contributed by atoms with Gasteiger partial charge in [0.05, 0.1) is 18.4 Å². The van der Waals surface area contributed by atoms with Crippen LogP contribution in [0.4, 0.5) is 14.5 Å². The number of anilines is 1. The van der Waals surface area contributed by atoms with Crippen molar-refractivity contribution >= 4 is 11.6 Å². The second kappa shape index (κ2) is 6.61. The van der Waals surface area contributed by atoms with Crippen LogP contribution in [-0.4, -0.2) is 25.5 Å². The highest BCUT2D eigenvalue weighted by atomic mass is 19.3. The third-order valence-electron chi connectivity index (χ3n) is 3.44. The molecule has 0 atom stereocenters. The minimum atomic E-state index is -2.87. The Morgan fingerprint density at radius 3 is 2.67 bits per heavy atom. The van der Waals surface area contributed by atoms with Crippen LogP contribution >= 0.6 is 0 Å². The molecule has 0 fully saturated rings. The fraction of sp³-hybridized carbons (Fsp3) is 0.188. The number of amides is 1. The molecular weight excluding hydrogens is 316 g/mol. The largest absolute Gasteiger partial charge is 0.333 e. The summed E-state index contributed by atoms with van der Waals surface area (Å²) in [7, 11) is 0. The number of benzene rings is 1. The molecule has 0 aliphatic carbocycles. The van der Waals surface area contributed by atoms with Crippen LogP contribution in [0, 0.1) is 6.92 Å². The standard InChI is InChI=1S/C16H15F2N5O/c1-11-2-4-12(5-3-11)9-22-10-13(8-20-22)21-15(24)14-6-7-19-23(14)16(17)18/h2-8,10,16H,9H2,1H3,(H,21,24). The van der Waals surface area contributed by atoms with Gasteiger partial charge in [0, 0.05) is 12.4 Å². The highest BCUT2D eigenvalue weighted by molar-refractivity contribution is 6.02. The van der Waals surface area contributed by atoms with Crippen molar-refractivity contribution in [1.29, 1.82) is 0 Å². The van der Waals surface area contributed by atoms with Crippen LogP contribution in [0.2, 0.25) is 0 Å². The van der Waals surface area contributed by atoms with Gasteiger partial charge in [-0.1, -0.05) is 29.8 Å². The Morgan fingerprint density at radius 2 is 1.96 bits per heavy atom. The highest BCUT2D eigenvalue weighted by Gasteiger charge is 2.18. The summed E-state index contributed by atoms with van der Waals surface area (Å²) in [6.45, 7) is -0.314. The van der Waals surface area contributed by atoms with E-state index < -0.39 is 12.5 Å². The third-order valence-corrected chi connectivity index (χ3v) is 3.44. The Bertz CT molecular complexity index is 838. The van der Waals surface area contributed by atoms with Crippen molar-refractivity contribution in [2.45, 2.75) is 20.0 Å². The monoisotopic (exact) mass is 331 g/mol. The van der Waals surface area contributed by atoms with Crippen molar-refractivity contribution in [3.63, 3.8) is 0 Å². The Balaban J connectivity index is 1.68. The summed E-state index contributed by atoms with van der Waals surface area (Å²) in [6.07, 6.45) is 4.26. The second-order valence-corrected chi connectivity index (χ2v) is 5.30. The number of nitrogens with zero attached hydrogens (tertiary/aromatic N) is 4. The first kappa shape index (κ1) is 15.9. The lowest BCUT2D eigenvalue weighted by atomic mass is 10.1. The Hall–Kier alpha value is -3.03. The molecule has 3 rings (SSSR count). The maximum atomic E-state index is 12.7. The number of aryl methyl sites for hydroxylation is 1. The molecule has 1 aromatic carbocycles. The smallest absolute Gasteiger partial charge is 0.318 e. The molecule has 8 heteroatoms. The summed E-state index contributed by atoms with van der Waals surface area (Å²) in [5.74, 6) is -0.664. The van der Waals surface area contributed by atoms with E-state index in [1.807, 2.05) is 31.2 Å². The molecule has 0 aliphatic rings. The second-order valence-electron chi connectivity index (χ2n) is 5.30. The molecule has 124 valence electrons. The molecule has 3 aromatic rings.